The van der Waals surface area contributed by atoms with Crippen LogP contribution in [0.1, 0.15) is 92.6 Å². The first-order valence-electron chi connectivity index (χ1n) is 19.7. The van der Waals surface area contributed by atoms with Gasteiger partial charge in [0.2, 0.25) is 5.91 Å². The van der Waals surface area contributed by atoms with Crippen LogP contribution in [0.5, 0.6) is 0 Å². The summed E-state index contributed by atoms with van der Waals surface area (Å²) < 4.78 is 5.99. The average molecular weight is 733 g/mol. The number of rotatable bonds is 23. The number of hydrogen-bond acceptors (Lipinski definition) is 5. The molecule has 0 radical (unpaired) electrons. The lowest BCUT2D eigenvalue weighted by Crippen LogP contribution is -2.48. The predicted octanol–water partition coefficient (Wildman–Crippen LogP) is 8.58. The fourth-order valence-electron chi connectivity index (χ4n) is 7.23. The van der Waals surface area contributed by atoms with Crippen molar-refractivity contribution in [3.63, 3.8) is 0 Å². The first kappa shape index (κ1) is 40.0. The molecule has 0 saturated heterocycles. The summed E-state index contributed by atoms with van der Waals surface area (Å²) in [4.78, 5) is 37.9. The van der Waals surface area contributed by atoms with Gasteiger partial charge in [-0.25, -0.2) is 9.59 Å². The largest absolute Gasteiger partial charge is 0.465 e. The van der Waals surface area contributed by atoms with E-state index in [4.69, 9.17) is 4.74 Å². The van der Waals surface area contributed by atoms with Crippen LogP contribution in [0.2, 0.25) is 0 Å². The fraction of sp³-hybridized carbons (Fsp3) is 0.400. The van der Waals surface area contributed by atoms with Crippen molar-refractivity contribution in [3.05, 3.63) is 131 Å². The van der Waals surface area contributed by atoms with Crippen molar-refractivity contribution < 1.29 is 24.2 Å². The molecule has 0 heterocycles. The third-order valence-corrected chi connectivity index (χ3v) is 10.0. The zero-order valence-corrected chi connectivity index (χ0v) is 31.3. The van der Waals surface area contributed by atoms with Crippen LogP contribution in [-0.4, -0.2) is 54.9 Å². The van der Waals surface area contributed by atoms with Gasteiger partial charge in [0.25, 0.3) is 0 Å². The molecule has 5 rings (SSSR count). The minimum Gasteiger partial charge on any atom is -0.465 e. The molecule has 9 nitrogen and oxygen atoms in total. The first-order chi connectivity index (χ1) is 26.5. The molecule has 2 atom stereocenters. The lowest BCUT2D eigenvalue weighted by Gasteiger charge is -2.21. The highest BCUT2D eigenvalue weighted by Gasteiger charge is 2.32. The standard InChI is InChI=1S/C45H56N4O5/c50-43(47-30-20-8-6-4-2-1-3-5-7-19-29-46-33-36(48-44(51)52)31-34-21-11-9-12-22-34)41(32-35-23-13-10-14-24-35)49-45(53)54-42-39-27-17-15-25-37(39)38-26-16-18-28-40(38)42/h9-18,21-28,36,41-42,46,48H,1-8,19-20,29-33H2,(H,47,50)(H,49,53)(H,51,52). The number of fused-ring (bicyclic) bond motifs is 3. The maximum Gasteiger partial charge on any atom is 0.408 e. The summed E-state index contributed by atoms with van der Waals surface area (Å²) in [6, 6.07) is 34.7. The Morgan fingerprint density at radius 2 is 1.06 bits per heavy atom. The summed E-state index contributed by atoms with van der Waals surface area (Å²) in [6.45, 7) is 2.08. The van der Waals surface area contributed by atoms with Crippen molar-refractivity contribution in [2.75, 3.05) is 19.6 Å². The number of unbranched alkanes of at least 4 members (excludes halogenated alkanes) is 9. The Bertz CT molecular complexity index is 1690. The van der Waals surface area contributed by atoms with E-state index in [9.17, 15) is 19.5 Å². The van der Waals surface area contributed by atoms with E-state index in [-0.39, 0.29) is 11.9 Å². The highest BCUT2D eigenvalue weighted by atomic mass is 16.6. The second-order valence-corrected chi connectivity index (χ2v) is 14.2. The summed E-state index contributed by atoms with van der Waals surface area (Å²) in [5.41, 5.74) is 6.09. The Kier molecular flexibility index (Phi) is 16.4. The van der Waals surface area contributed by atoms with Crippen LogP contribution in [0, 0.1) is 0 Å². The highest BCUT2D eigenvalue weighted by Crippen LogP contribution is 2.45. The van der Waals surface area contributed by atoms with E-state index in [2.05, 4.69) is 21.3 Å². The van der Waals surface area contributed by atoms with Crippen molar-refractivity contribution in [2.45, 2.75) is 95.2 Å². The lowest BCUT2D eigenvalue weighted by molar-refractivity contribution is -0.123. The van der Waals surface area contributed by atoms with Crippen LogP contribution in [0.4, 0.5) is 9.59 Å². The van der Waals surface area contributed by atoms with Crippen LogP contribution >= 0.6 is 0 Å². The van der Waals surface area contributed by atoms with Crippen LogP contribution in [0.3, 0.4) is 0 Å². The first-order valence-corrected chi connectivity index (χ1v) is 19.7. The van der Waals surface area contributed by atoms with Crippen molar-refractivity contribution in [1.82, 2.24) is 21.3 Å². The Balaban J connectivity index is 0.927. The third-order valence-electron chi connectivity index (χ3n) is 10.0. The van der Waals surface area contributed by atoms with Crippen molar-refractivity contribution in [3.8, 4) is 11.1 Å². The number of carbonyl (C=O) groups excluding carboxylic acids is 2. The Labute approximate surface area is 320 Å². The van der Waals surface area contributed by atoms with Gasteiger partial charge in [-0.05, 0) is 48.1 Å². The van der Waals surface area contributed by atoms with Gasteiger partial charge in [-0.2, -0.15) is 0 Å². The van der Waals surface area contributed by atoms with E-state index in [1.807, 2.05) is 109 Å². The minimum atomic E-state index is -0.987. The normalized spacial score (nSPS) is 13.0. The van der Waals surface area contributed by atoms with Gasteiger partial charge in [-0.3, -0.25) is 4.79 Å². The summed E-state index contributed by atoms with van der Waals surface area (Å²) in [7, 11) is 0. The molecular weight excluding hydrogens is 677 g/mol. The summed E-state index contributed by atoms with van der Waals surface area (Å²) in [5, 5.41) is 21.2. The quantitative estimate of drug-likeness (QED) is 0.0486. The molecule has 3 amide bonds. The number of carbonyl (C=O) groups is 3. The maximum absolute atomic E-state index is 13.4. The molecule has 286 valence electrons. The Hall–Kier alpha value is -5.15. The van der Waals surface area contributed by atoms with Gasteiger partial charge in [-0.15, -0.1) is 0 Å². The van der Waals surface area contributed by atoms with Crippen LogP contribution < -0.4 is 21.3 Å². The number of amides is 3. The lowest BCUT2D eigenvalue weighted by atomic mass is 10.0. The summed E-state index contributed by atoms with van der Waals surface area (Å²) in [6.07, 6.45) is 10.3. The van der Waals surface area contributed by atoms with Gasteiger partial charge < -0.3 is 31.1 Å². The molecule has 0 spiro atoms. The van der Waals surface area contributed by atoms with Crippen LogP contribution in [-0.2, 0) is 22.4 Å². The molecular formula is C45H56N4O5. The molecule has 2 unspecified atom stereocenters. The second kappa shape index (κ2) is 22.2. The molecule has 54 heavy (non-hydrogen) atoms. The number of hydrogen-bond donors (Lipinski definition) is 5. The molecule has 1 aliphatic carbocycles. The van der Waals surface area contributed by atoms with Crippen molar-refractivity contribution in [2.24, 2.45) is 0 Å². The van der Waals surface area contributed by atoms with Crippen LogP contribution in [0.15, 0.2) is 109 Å². The van der Waals surface area contributed by atoms with E-state index in [0.717, 1.165) is 65.6 Å². The third kappa shape index (κ3) is 13.1. The molecule has 4 aromatic carbocycles. The monoisotopic (exact) mass is 732 g/mol. The van der Waals surface area contributed by atoms with Crippen LogP contribution in [0.25, 0.3) is 11.1 Å². The molecule has 0 saturated carbocycles. The zero-order valence-electron chi connectivity index (χ0n) is 31.3. The number of alkyl carbamates (subject to hydrolysis) is 1. The van der Waals surface area contributed by atoms with E-state index < -0.39 is 24.3 Å². The Morgan fingerprint density at radius 1 is 0.574 bits per heavy atom. The van der Waals surface area contributed by atoms with Gasteiger partial charge in [0.1, 0.15) is 6.04 Å². The fourth-order valence-corrected chi connectivity index (χ4v) is 7.23. The molecule has 9 heteroatoms. The number of nitrogens with one attached hydrogen (secondary N) is 4. The summed E-state index contributed by atoms with van der Waals surface area (Å²) >= 11 is 0. The topological polar surface area (TPSA) is 129 Å². The predicted molar refractivity (Wildman–Crippen MR) is 214 cm³/mol. The summed E-state index contributed by atoms with van der Waals surface area (Å²) in [5.74, 6) is -0.206. The zero-order chi connectivity index (χ0) is 37.8. The van der Waals surface area contributed by atoms with Crippen molar-refractivity contribution in [1.29, 1.82) is 0 Å². The second-order valence-electron chi connectivity index (χ2n) is 14.2. The smallest absolute Gasteiger partial charge is 0.408 e. The van der Waals surface area contributed by atoms with Gasteiger partial charge in [0, 0.05) is 36.7 Å². The minimum absolute atomic E-state index is 0.147. The number of benzene rings is 4. The van der Waals surface area contributed by atoms with Crippen molar-refractivity contribution >= 4 is 18.1 Å². The van der Waals surface area contributed by atoms with E-state index in [1.54, 1.807) is 0 Å². The molecule has 0 aromatic heterocycles. The highest BCUT2D eigenvalue weighted by molar-refractivity contribution is 5.86. The van der Waals surface area contributed by atoms with E-state index in [1.165, 1.54) is 38.5 Å². The molecule has 0 fully saturated rings. The molecule has 0 aliphatic heterocycles. The molecule has 4 aromatic rings. The SMILES string of the molecule is O=C(O)NC(CNCCCCCCCCCCCCNC(=O)C(Cc1ccccc1)NC(=O)OC1c2ccccc2-c2ccccc21)Cc1ccccc1. The number of ether oxygens (including phenoxy) is 1. The van der Waals surface area contributed by atoms with Gasteiger partial charge in [-0.1, -0.05) is 161 Å². The van der Waals surface area contributed by atoms with E-state index in [0.29, 0.717) is 25.9 Å². The molecule has 5 N–H and O–H groups in total. The van der Waals surface area contributed by atoms with Gasteiger partial charge >= 0.3 is 12.2 Å². The van der Waals surface area contributed by atoms with E-state index >= 15 is 0 Å². The van der Waals surface area contributed by atoms with Gasteiger partial charge in [0.15, 0.2) is 6.10 Å². The Morgan fingerprint density at radius 3 is 1.61 bits per heavy atom. The average Bonchev–Trinajstić information content (AvgIpc) is 3.49. The number of carboxylic acid groups (broad SMARTS) is 1. The molecule has 0 bridgehead atoms. The maximum atomic E-state index is 13.4. The molecule has 1 aliphatic rings. The van der Waals surface area contributed by atoms with Gasteiger partial charge in [0.05, 0.1) is 0 Å².